The molecule has 1 aliphatic rings. The minimum atomic E-state index is -0.0154. The second-order valence-electron chi connectivity index (χ2n) is 6.03. The minimum absolute atomic E-state index is 0.0154. The Kier molecular flexibility index (Phi) is 4.94. The van der Waals surface area contributed by atoms with E-state index in [2.05, 4.69) is 27.2 Å². The number of hydrogen-bond donors (Lipinski definition) is 2. The molecule has 2 N–H and O–H groups in total. The largest absolute Gasteiger partial charge is 0.310 e. The zero-order valence-electron chi connectivity index (χ0n) is 13.0. The number of rotatable bonds is 4. The van der Waals surface area contributed by atoms with Crippen molar-refractivity contribution in [2.45, 2.75) is 39.7 Å². The lowest BCUT2D eigenvalue weighted by Gasteiger charge is -2.30. The molecular weight excluding hydrogens is 252 g/mol. The Balaban J connectivity index is 1.95. The van der Waals surface area contributed by atoms with Crippen molar-refractivity contribution in [3.05, 3.63) is 27.4 Å². The van der Waals surface area contributed by atoms with Crippen molar-refractivity contribution >= 4 is 0 Å². The first-order chi connectivity index (χ1) is 9.47. The lowest BCUT2D eigenvalue weighted by molar-refractivity contribution is 0.213. The normalized spacial score (nSPS) is 19.2. The zero-order chi connectivity index (χ0) is 14.7. The first-order valence-corrected chi connectivity index (χ1v) is 7.46. The van der Waals surface area contributed by atoms with Crippen molar-refractivity contribution in [2.75, 3.05) is 26.7 Å². The second kappa shape index (κ2) is 6.50. The summed E-state index contributed by atoms with van der Waals surface area (Å²) in [6, 6.07) is 0.0477. The van der Waals surface area contributed by atoms with E-state index < -0.39 is 0 Å². The fourth-order valence-corrected chi connectivity index (χ4v) is 2.96. The third-order valence-corrected chi connectivity index (χ3v) is 4.25. The highest BCUT2D eigenvalue weighted by atomic mass is 16.1. The van der Waals surface area contributed by atoms with Gasteiger partial charge in [0.1, 0.15) is 5.82 Å². The Labute approximate surface area is 120 Å². The third kappa shape index (κ3) is 3.67. The van der Waals surface area contributed by atoms with Gasteiger partial charge in [-0.3, -0.25) is 4.79 Å². The number of hydrogen-bond acceptors (Lipinski definition) is 4. The van der Waals surface area contributed by atoms with Gasteiger partial charge < -0.3 is 15.2 Å². The average molecular weight is 278 g/mol. The average Bonchev–Trinajstić information content (AvgIpc) is 2.37. The molecule has 1 aliphatic heterocycles. The van der Waals surface area contributed by atoms with Gasteiger partial charge in [0, 0.05) is 11.7 Å². The molecule has 0 aliphatic carbocycles. The van der Waals surface area contributed by atoms with Crippen molar-refractivity contribution in [3.63, 3.8) is 0 Å². The van der Waals surface area contributed by atoms with E-state index in [0.29, 0.717) is 11.7 Å². The molecule has 2 rings (SSSR count). The fraction of sp³-hybridized carbons (Fsp3) is 0.733. The number of aromatic nitrogens is 2. The maximum atomic E-state index is 12.1. The molecule has 5 heteroatoms. The van der Waals surface area contributed by atoms with Gasteiger partial charge in [0.25, 0.3) is 5.56 Å². The fourth-order valence-electron chi connectivity index (χ4n) is 2.96. The Morgan fingerprint density at radius 2 is 2.05 bits per heavy atom. The number of piperidine rings is 1. The standard InChI is InChI=1S/C15H26N4O/c1-10(14-11(2)17-12(3)18-15(14)20)16-9-13-5-7-19(4)8-6-13/h10,13,16H,5-9H2,1-4H3,(H,17,18,20). The van der Waals surface area contributed by atoms with Gasteiger partial charge in [-0.25, -0.2) is 4.98 Å². The van der Waals surface area contributed by atoms with Crippen LogP contribution in [0.4, 0.5) is 0 Å². The Bertz CT molecular complexity index is 503. The number of nitrogens with zero attached hydrogens (tertiary/aromatic N) is 2. The predicted molar refractivity (Wildman–Crippen MR) is 81.0 cm³/mol. The molecule has 0 aromatic carbocycles. The third-order valence-electron chi connectivity index (χ3n) is 4.25. The van der Waals surface area contributed by atoms with E-state index in [4.69, 9.17) is 0 Å². The second-order valence-corrected chi connectivity index (χ2v) is 6.03. The molecule has 1 aromatic heterocycles. The van der Waals surface area contributed by atoms with E-state index in [0.717, 1.165) is 17.8 Å². The molecule has 5 nitrogen and oxygen atoms in total. The first-order valence-electron chi connectivity index (χ1n) is 7.46. The lowest BCUT2D eigenvalue weighted by atomic mass is 9.96. The van der Waals surface area contributed by atoms with Crippen LogP contribution >= 0.6 is 0 Å². The molecule has 0 spiro atoms. The smallest absolute Gasteiger partial charge is 0.255 e. The van der Waals surface area contributed by atoms with Crippen LogP contribution in [-0.4, -0.2) is 41.5 Å². The molecule has 112 valence electrons. The molecule has 0 amide bonds. The van der Waals surface area contributed by atoms with E-state index in [1.165, 1.54) is 25.9 Å². The van der Waals surface area contributed by atoms with Crippen molar-refractivity contribution in [2.24, 2.45) is 5.92 Å². The summed E-state index contributed by atoms with van der Waals surface area (Å²) in [5.41, 5.74) is 1.58. The molecule has 2 heterocycles. The molecule has 0 saturated carbocycles. The van der Waals surface area contributed by atoms with Gasteiger partial charge in [0.2, 0.25) is 0 Å². The summed E-state index contributed by atoms with van der Waals surface area (Å²) < 4.78 is 0. The van der Waals surface area contributed by atoms with Gasteiger partial charge in [0.15, 0.2) is 0 Å². The Morgan fingerprint density at radius 3 is 2.65 bits per heavy atom. The van der Waals surface area contributed by atoms with Gasteiger partial charge >= 0.3 is 0 Å². The Morgan fingerprint density at radius 1 is 1.40 bits per heavy atom. The molecular formula is C15H26N4O. The summed E-state index contributed by atoms with van der Waals surface area (Å²) in [6.07, 6.45) is 2.47. The first kappa shape index (κ1) is 15.2. The monoisotopic (exact) mass is 278 g/mol. The highest BCUT2D eigenvalue weighted by molar-refractivity contribution is 5.19. The summed E-state index contributed by atoms with van der Waals surface area (Å²) >= 11 is 0. The van der Waals surface area contributed by atoms with E-state index in [1.807, 2.05) is 20.8 Å². The highest BCUT2D eigenvalue weighted by Gasteiger charge is 2.19. The van der Waals surface area contributed by atoms with Gasteiger partial charge in [-0.2, -0.15) is 0 Å². The molecule has 1 saturated heterocycles. The number of aryl methyl sites for hydroxylation is 2. The van der Waals surface area contributed by atoms with Crippen LogP contribution in [0.25, 0.3) is 0 Å². The lowest BCUT2D eigenvalue weighted by Crippen LogP contribution is -2.36. The van der Waals surface area contributed by atoms with Gasteiger partial charge in [-0.05, 0) is 66.2 Å². The van der Waals surface area contributed by atoms with E-state index in [9.17, 15) is 4.79 Å². The number of likely N-dealkylation sites (tertiary alicyclic amines) is 1. The summed E-state index contributed by atoms with van der Waals surface area (Å²) in [5.74, 6) is 1.39. The maximum absolute atomic E-state index is 12.1. The molecule has 1 atom stereocenters. The summed E-state index contributed by atoms with van der Waals surface area (Å²) in [4.78, 5) is 21.6. The van der Waals surface area contributed by atoms with Crippen LogP contribution in [0.5, 0.6) is 0 Å². The summed E-state index contributed by atoms with van der Waals surface area (Å²) in [5, 5.41) is 3.51. The van der Waals surface area contributed by atoms with E-state index in [1.54, 1.807) is 0 Å². The van der Waals surface area contributed by atoms with Crippen LogP contribution in [0.1, 0.15) is 42.9 Å². The van der Waals surface area contributed by atoms with Crippen LogP contribution in [0.15, 0.2) is 4.79 Å². The Hall–Kier alpha value is -1.20. The van der Waals surface area contributed by atoms with Gasteiger partial charge in [-0.15, -0.1) is 0 Å². The highest BCUT2D eigenvalue weighted by Crippen LogP contribution is 2.17. The van der Waals surface area contributed by atoms with Crippen molar-refractivity contribution in [1.82, 2.24) is 20.2 Å². The summed E-state index contributed by atoms with van der Waals surface area (Å²) in [7, 11) is 2.17. The van der Waals surface area contributed by atoms with Crippen molar-refractivity contribution in [3.8, 4) is 0 Å². The minimum Gasteiger partial charge on any atom is -0.310 e. The van der Waals surface area contributed by atoms with Crippen LogP contribution in [0.3, 0.4) is 0 Å². The van der Waals surface area contributed by atoms with Crippen molar-refractivity contribution < 1.29 is 0 Å². The number of aromatic amines is 1. The quantitative estimate of drug-likeness (QED) is 0.873. The van der Waals surface area contributed by atoms with Gasteiger partial charge in [-0.1, -0.05) is 0 Å². The molecule has 20 heavy (non-hydrogen) atoms. The number of H-pyrrole nitrogens is 1. The molecule has 0 bridgehead atoms. The maximum Gasteiger partial charge on any atom is 0.255 e. The van der Waals surface area contributed by atoms with E-state index in [-0.39, 0.29) is 11.6 Å². The summed E-state index contributed by atoms with van der Waals surface area (Å²) in [6.45, 7) is 9.09. The van der Waals surface area contributed by atoms with E-state index >= 15 is 0 Å². The molecule has 1 aromatic rings. The predicted octanol–water partition coefficient (Wildman–Crippen LogP) is 1.38. The van der Waals surface area contributed by atoms with Crippen molar-refractivity contribution in [1.29, 1.82) is 0 Å². The number of nitrogens with one attached hydrogen (secondary N) is 2. The molecule has 1 fully saturated rings. The zero-order valence-corrected chi connectivity index (χ0v) is 13.0. The molecule has 0 radical (unpaired) electrons. The van der Waals surface area contributed by atoms with Crippen LogP contribution in [-0.2, 0) is 0 Å². The molecule has 1 unspecified atom stereocenters. The topological polar surface area (TPSA) is 61.0 Å². The van der Waals surface area contributed by atoms with Gasteiger partial charge in [0.05, 0.1) is 5.56 Å². The van der Waals surface area contributed by atoms with Crippen LogP contribution in [0, 0.1) is 19.8 Å². The SMILES string of the molecule is Cc1nc(C)c(C(C)NCC2CCN(C)CC2)c(=O)[nH]1. The van der Waals surface area contributed by atoms with Crippen LogP contribution < -0.4 is 10.9 Å². The van der Waals surface area contributed by atoms with Crippen LogP contribution in [0.2, 0.25) is 0 Å².